The van der Waals surface area contributed by atoms with E-state index in [1.807, 2.05) is 0 Å². The minimum absolute atomic E-state index is 0.00644. The average molecular weight is 271 g/mol. The number of carbonyl (C=O) groups excluding carboxylic acids is 2. The Balaban J connectivity index is 2.59. The van der Waals surface area contributed by atoms with E-state index >= 15 is 0 Å². The highest BCUT2D eigenvalue weighted by Crippen LogP contribution is 2.19. The van der Waals surface area contributed by atoms with Gasteiger partial charge < -0.3 is 21.5 Å². The summed E-state index contributed by atoms with van der Waals surface area (Å²) in [6.07, 6.45) is 2.54. The summed E-state index contributed by atoms with van der Waals surface area (Å²) < 4.78 is 0. The smallest absolute Gasteiger partial charge is 0.326 e. The molecule has 1 rings (SSSR count). The van der Waals surface area contributed by atoms with Gasteiger partial charge in [-0.3, -0.25) is 9.59 Å². The van der Waals surface area contributed by atoms with E-state index in [9.17, 15) is 14.4 Å². The van der Waals surface area contributed by atoms with Gasteiger partial charge in [0.05, 0.1) is 5.54 Å². The number of aliphatic carboxylic acids is 1. The van der Waals surface area contributed by atoms with Crippen LogP contribution in [0.15, 0.2) is 0 Å². The van der Waals surface area contributed by atoms with Crippen molar-refractivity contribution in [1.82, 2.24) is 10.6 Å². The molecular weight excluding hydrogens is 250 g/mol. The third kappa shape index (κ3) is 4.51. The van der Waals surface area contributed by atoms with Crippen LogP contribution in [0.1, 0.15) is 39.0 Å². The quantitative estimate of drug-likeness (QED) is 0.511. The summed E-state index contributed by atoms with van der Waals surface area (Å²) in [5.74, 6) is -2.08. The second kappa shape index (κ2) is 6.51. The fraction of sp³-hybridized carbons (Fsp3) is 0.750. The fourth-order valence-corrected chi connectivity index (χ4v) is 2.11. The maximum absolute atomic E-state index is 12.1. The molecule has 0 bridgehead atoms. The van der Waals surface area contributed by atoms with E-state index in [1.54, 1.807) is 6.92 Å². The van der Waals surface area contributed by atoms with Crippen molar-refractivity contribution in [2.45, 2.75) is 50.6 Å². The highest BCUT2D eigenvalue weighted by Gasteiger charge is 2.36. The molecule has 1 unspecified atom stereocenters. The number of carboxylic acids is 1. The number of carboxylic acid groups (broad SMARTS) is 1. The van der Waals surface area contributed by atoms with Gasteiger partial charge in [-0.25, -0.2) is 4.79 Å². The molecule has 1 aliphatic heterocycles. The van der Waals surface area contributed by atoms with Crippen LogP contribution in [0, 0.1) is 0 Å². The van der Waals surface area contributed by atoms with Crippen LogP contribution < -0.4 is 16.4 Å². The molecule has 19 heavy (non-hydrogen) atoms. The SMILES string of the molecule is CC1(C(=O)N[C@H](CCC(N)=O)C(=O)O)CCCCN1. The molecule has 0 radical (unpaired) electrons. The number of nitrogens with one attached hydrogen (secondary N) is 2. The van der Waals surface area contributed by atoms with Gasteiger partial charge in [0.25, 0.3) is 0 Å². The lowest BCUT2D eigenvalue weighted by molar-refractivity contribution is -0.143. The predicted octanol–water partition coefficient (Wildman–Crippen LogP) is -0.646. The number of primary amides is 1. The van der Waals surface area contributed by atoms with Crippen molar-refractivity contribution in [1.29, 1.82) is 0 Å². The number of piperidine rings is 1. The van der Waals surface area contributed by atoms with Gasteiger partial charge in [0.15, 0.2) is 0 Å². The topological polar surface area (TPSA) is 122 Å². The van der Waals surface area contributed by atoms with E-state index in [1.165, 1.54) is 0 Å². The Morgan fingerprint density at radius 1 is 1.42 bits per heavy atom. The number of amides is 2. The zero-order chi connectivity index (χ0) is 14.5. The third-order valence-corrected chi connectivity index (χ3v) is 3.40. The number of hydrogen-bond donors (Lipinski definition) is 4. The van der Waals surface area contributed by atoms with Gasteiger partial charge in [0.2, 0.25) is 11.8 Å². The Bertz CT molecular complexity index is 364. The van der Waals surface area contributed by atoms with Gasteiger partial charge >= 0.3 is 5.97 Å². The van der Waals surface area contributed by atoms with E-state index in [4.69, 9.17) is 10.8 Å². The number of nitrogens with two attached hydrogens (primary N) is 1. The number of carbonyl (C=O) groups is 3. The molecule has 1 aliphatic rings. The van der Waals surface area contributed by atoms with Crippen LogP contribution in [0.5, 0.6) is 0 Å². The Morgan fingerprint density at radius 2 is 2.11 bits per heavy atom. The van der Waals surface area contributed by atoms with Gasteiger partial charge in [-0.1, -0.05) is 0 Å². The summed E-state index contributed by atoms with van der Waals surface area (Å²) in [7, 11) is 0. The van der Waals surface area contributed by atoms with Gasteiger partial charge in [0.1, 0.15) is 6.04 Å². The maximum atomic E-state index is 12.1. The van der Waals surface area contributed by atoms with Crippen molar-refractivity contribution in [3.05, 3.63) is 0 Å². The first-order valence-electron chi connectivity index (χ1n) is 6.42. The first kappa shape index (κ1) is 15.4. The first-order valence-corrected chi connectivity index (χ1v) is 6.42. The molecule has 0 aromatic carbocycles. The Hall–Kier alpha value is -1.63. The minimum atomic E-state index is -1.16. The Kier molecular flexibility index (Phi) is 5.29. The predicted molar refractivity (Wildman–Crippen MR) is 68.3 cm³/mol. The summed E-state index contributed by atoms with van der Waals surface area (Å²) >= 11 is 0. The van der Waals surface area contributed by atoms with Crippen LogP contribution >= 0.6 is 0 Å². The first-order chi connectivity index (χ1) is 8.85. The monoisotopic (exact) mass is 271 g/mol. The van der Waals surface area contributed by atoms with Crippen LogP contribution in [-0.4, -0.2) is 41.0 Å². The molecule has 1 fully saturated rings. The number of hydrogen-bond acceptors (Lipinski definition) is 4. The zero-order valence-corrected chi connectivity index (χ0v) is 11.1. The van der Waals surface area contributed by atoms with E-state index in [0.29, 0.717) is 6.42 Å². The highest BCUT2D eigenvalue weighted by molar-refractivity contribution is 5.90. The van der Waals surface area contributed by atoms with Crippen LogP contribution in [0.4, 0.5) is 0 Å². The van der Waals surface area contributed by atoms with Crippen molar-refractivity contribution in [2.75, 3.05) is 6.54 Å². The van der Waals surface area contributed by atoms with Crippen molar-refractivity contribution in [3.63, 3.8) is 0 Å². The molecule has 7 nitrogen and oxygen atoms in total. The molecule has 0 aliphatic carbocycles. The number of rotatable bonds is 6. The van der Waals surface area contributed by atoms with Crippen molar-refractivity contribution in [2.24, 2.45) is 5.73 Å². The average Bonchev–Trinajstić information content (AvgIpc) is 2.34. The molecule has 1 saturated heterocycles. The maximum Gasteiger partial charge on any atom is 0.326 e. The van der Waals surface area contributed by atoms with Crippen LogP contribution in [0.3, 0.4) is 0 Å². The molecule has 0 aromatic heterocycles. The van der Waals surface area contributed by atoms with Gasteiger partial charge in [-0.2, -0.15) is 0 Å². The van der Waals surface area contributed by atoms with Crippen LogP contribution in [0.2, 0.25) is 0 Å². The second-order valence-electron chi connectivity index (χ2n) is 5.09. The fourth-order valence-electron chi connectivity index (χ4n) is 2.11. The highest BCUT2D eigenvalue weighted by atomic mass is 16.4. The molecule has 0 spiro atoms. The second-order valence-corrected chi connectivity index (χ2v) is 5.09. The van der Waals surface area contributed by atoms with Crippen LogP contribution in [-0.2, 0) is 14.4 Å². The standard InChI is InChI=1S/C12H21N3O4/c1-12(6-2-3-7-14-12)11(19)15-8(10(17)18)4-5-9(13)16/h8,14H,2-7H2,1H3,(H2,13,16)(H,15,19)(H,17,18)/t8-,12?/m1/s1. The van der Waals surface area contributed by atoms with E-state index < -0.39 is 23.5 Å². The normalized spacial score (nSPS) is 24.5. The molecule has 7 heteroatoms. The van der Waals surface area contributed by atoms with E-state index in [2.05, 4.69) is 10.6 Å². The third-order valence-electron chi connectivity index (χ3n) is 3.40. The summed E-state index contributed by atoms with van der Waals surface area (Å²) in [5.41, 5.74) is 4.25. The summed E-state index contributed by atoms with van der Waals surface area (Å²) in [4.78, 5) is 33.9. The summed E-state index contributed by atoms with van der Waals surface area (Å²) in [5, 5.41) is 14.6. The van der Waals surface area contributed by atoms with E-state index in [-0.39, 0.29) is 18.7 Å². The van der Waals surface area contributed by atoms with Crippen molar-refractivity contribution in [3.8, 4) is 0 Å². The van der Waals surface area contributed by atoms with E-state index in [0.717, 1.165) is 19.4 Å². The summed E-state index contributed by atoms with van der Waals surface area (Å²) in [6, 6.07) is -1.08. The molecule has 2 atom stereocenters. The van der Waals surface area contributed by atoms with Crippen molar-refractivity contribution >= 4 is 17.8 Å². The van der Waals surface area contributed by atoms with Crippen LogP contribution in [0.25, 0.3) is 0 Å². The van der Waals surface area contributed by atoms with Gasteiger partial charge in [-0.05, 0) is 39.2 Å². The molecule has 1 heterocycles. The van der Waals surface area contributed by atoms with Gasteiger partial charge in [-0.15, -0.1) is 0 Å². The molecular formula is C12H21N3O4. The molecule has 0 aromatic rings. The lowest BCUT2D eigenvalue weighted by Gasteiger charge is -2.34. The zero-order valence-electron chi connectivity index (χ0n) is 11.1. The lowest BCUT2D eigenvalue weighted by atomic mass is 9.89. The molecule has 2 amide bonds. The lowest BCUT2D eigenvalue weighted by Crippen LogP contribution is -2.59. The Labute approximate surface area is 111 Å². The molecule has 5 N–H and O–H groups in total. The minimum Gasteiger partial charge on any atom is -0.480 e. The van der Waals surface area contributed by atoms with Gasteiger partial charge in [0, 0.05) is 6.42 Å². The van der Waals surface area contributed by atoms with Crippen molar-refractivity contribution < 1.29 is 19.5 Å². The summed E-state index contributed by atoms with van der Waals surface area (Å²) in [6.45, 7) is 2.50. The molecule has 108 valence electrons. The largest absolute Gasteiger partial charge is 0.480 e. The molecule has 0 saturated carbocycles. The Morgan fingerprint density at radius 3 is 2.58 bits per heavy atom.